The fourth-order valence-electron chi connectivity index (χ4n) is 15.6. The van der Waals surface area contributed by atoms with Gasteiger partial charge in [-0.3, -0.25) is 72.0 Å². The summed E-state index contributed by atoms with van der Waals surface area (Å²) in [5.41, 5.74) is -0.436. The van der Waals surface area contributed by atoms with Gasteiger partial charge in [0.1, 0.15) is 49.2 Å². The smallest absolute Gasteiger partial charge is 0.343 e. The monoisotopic (exact) mass is 2100 g/mol. The first kappa shape index (κ1) is 118. The van der Waals surface area contributed by atoms with Crippen LogP contribution in [0.3, 0.4) is 0 Å². The second-order valence-corrected chi connectivity index (χ2v) is 34.0. The molecule has 0 saturated heterocycles. The molecule has 3 aliphatic heterocycles. The second-order valence-electron chi connectivity index (χ2n) is 34.0. The third kappa shape index (κ3) is 33.2. The number of aromatic nitrogens is 2. The molecular weight excluding hydrogens is 1980 g/mol. The van der Waals surface area contributed by atoms with Crippen LogP contribution in [0.1, 0.15) is 151 Å². The van der Waals surface area contributed by atoms with Crippen molar-refractivity contribution in [3.05, 3.63) is 132 Å². The van der Waals surface area contributed by atoms with Gasteiger partial charge in [0.05, 0.1) is 167 Å². The van der Waals surface area contributed by atoms with Gasteiger partial charge in [-0.1, -0.05) is 6.92 Å². The Bertz CT molecular complexity index is 5510. The van der Waals surface area contributed by atoms with E-state index >= 15 is 4.39 Å². The number of hydrogen-bond donors (Lipinski definition) is 9. The third-order valence-electron chi connectivity index (χ3n) is 23.6. The molecule has 0 spiro atoms. The molecule has 11 amide bonds. The molecule has 5 heterocycles. The van der Waals surface area contributed by atoms with Crippen molar-refractivity contribution in [1.82, 2.24) is 61.9 Å². The van der Waals surface area contributed by atoms with Gasteiger partial charge in [0.25, 0.3) is 17.4 Å². The summed E-state index contributed by atoms with van der Waals surface area (Å²) in [6.45, 7) is 9.56. The number of unbranched alkanes of at least 4 members (excludes halogenated alkanes) is 1. The number of amides is 11. The Balaban J connectivity index is 0.790. The van der Waals surface area contributed by atoms with Crippen molar-refractivity contribution >= 4 is 93.8 Å². The summed E-state index contributed by atoms with van der Waals surface area (Å²) in [5, 5.41) is 32.3. The first-order chi connectivity index (χ1) is 70.2. The summed E-state index contributed by atoms with van der Waals surface area (Å²) in [6, 6.07) is -6.12. The number of carbonyl (C=O) groups excluding carboxylic acids is 14. The number of nitrogens with zero attached hydrogens (tertiary/aromatic N) is 4. The number of ether oxygens (including phenoxy) is 13. The summed E-state index contributed by atoms with van der Waals surface area (Å²) >= 11 is 0. The Morgan fingerprint density at radius 1 is 0.503 bits per heavy atom. The predicted octanol–water partition coefficient (Wildman–Crippen LogP) is 3.79. The van der Waals surface area contributed by atoms with E-state index in [1.165, 1.54) is 37.5 Å². The number of aryl methyl sites for hydroxylation is 1. The quantitative estimate of drug-likeness (QED) is 0.00499. The number of aliphatic hydroxyl groups is 1. The summed E-state index contributed by atoms with van der Waals surface area (Å²) in [5.74, 6) is -45.3. The second kappa shape index (κ2) is 58.2. The minimum Gasteiger partial charge on any atom is -0.458 e. The molecule has 52 heteroatoms. The van der Waals surface area contributed by atoms with E-state index in [0.717, 1.165) is 24.0 Å². The number of halogens is 11. The highest BCUT2D eigenvalue weighted by Gasteiger charge is 2.47. The van der Waals surface area contributed by atoms with Crippen LogP contribution < -0.4 is 57.6 Å². The van der Waals surface area contributed by atoms with E-state index in [4.69, 9.17) is 57.1 Å². The van der Waals surface area contributed by atoms with Crippen LogP contribution in [0.5, 0.6) is 11.5 Å². The van der Waals surface area contributed by atoms with Crippen LogP contribution in [0.15, 0.2) is 29.1 Å². The number of pyridine rings is 2. The van der Waals surface area contributed by atoms with E-state index in [9.17, 15) is 121 Å². The van der Waals surface area contributed by atoms with Gasteiger partial charge < -0.3 is 119 Å². The zero-order valence-corrected chi connectivity index (χ0v) is 81.4. The number of esters is 3. The van der Waals surface area contributed by atoms with Crippen LogP contribution in [0, 0.1) is 70.9 Å². The van der Waals surface area contributed by atoms with Crippen molar-refractivity contribution in [2.24, 2.45) is 0 Å². The molecule has 1 aliphatic carbocycles. The molecule has 147 heavy (non-hydrogen) atoms. The largest absolute Gasteiger partial charge is 0.458 e. The van der Waals surface area contributed by atoms with E-state index in [1.54, 1.807) is 14.0 Å². The number of carbonyl (C=O) groups is 14. The Morgan fingerprint density at radius 3 is 1.44 bits per heavy atom. The fraction of sp³-hybridized carbons (Fsp3) is 0.558. The lowest BCUT2D eigenvalue weighted by molar-refractivity contribution is -0.172. The van der Waals surface area contributed by atoms with Gasteiger partial charge in [-0.2, -0.15) is 17.6 Å². The lowest BCUT2D eigenvalue weighted by Crippen LogP contribution is -2.56. The molecule has 0 bridgehead atoms. The average Bonchev–Trinajstić information content (AvgIpc) is 1.55. The molecule has 808 valence electrons. The molecule has 41 nitrogen and oxygen atoms in total. The maximum absolute atomic E-state index is 15.7. The molecule has 0 saturated carbocycles. The topological polar surface area (TPSA) is 517 Å². The predicted molar refractivity (Wildman–Crippen MR) is 487 cm³/mol. The molecule has 9 N–H and O–H groups in total. The first-order valence-electron chi connectivity index (χ1n) is 47.3. The number of methoxy groups -OCH3 is 1. The SMILES string of the molecule is CC[C@@]1(O)C(=O)OCc2c1cc1n(c2=O)Cc2c-1nc1cc(F)c(C)c3c1c2[C@@H](NC(=O)[C@H](C)NC(=O)[C@H](C)NC(=O)[C@H](C)NC(=O)[C@H](CCC(=O)N(CCC(=O)Oc1c(F)c(F)c(F)c(F)c1F)CCC(=O)Oc1c(F)c(F)c(F)c(F)c1F)NC(=O)CCCNC(=O)[C@H](CCCCNC(=O)COCCOCCOCCOCCOCCOCCOCCOCCOCCOC)NC(=O)CCCN1C(=O)C=CC1=O)CC3. The van der Waals surface area contributed by atoms with Crippen molar-refractivity contribution in [3.8, 4) is 22.9 Å². The van der Waals surface area contributed by atoms with Gasteiger partial charge >= 0.3 is 17.9 Å². The summed E-state index contributed by atoms with van der Waals surface area (Å²) in [4.78, 5) is 209. The number of hydrogen-bond acceptors (Lipinski definition) is 30. The van der Waals surface area contributed by atoms with Crippen LogP contribution in [0.4, 0.5) is 48.3 Å². The van der Waals surface area contributed by atoms with Crippen LogP contribution in [-0.4, -0.2) is 303 Å². The number of cyclic esters (lactones) is 1. The normalized spacial score (nSPS) is 15.4. The number of benzene rings is 3. The van der Waals surface area contributed by atoms with Crippen LogP contribution in [-0.2, 0) is 144 Å². The molecule has 0 unspecified atom stereocenters. The highest BCUT2D eigenvalue weighted by atomic mass is 19.2. The van der Waals surface area contributed by atoms with Crippen molar-refractivity contribution < 1.29 is 182 Å². The van der Waals surface area contributed by atoms with Gasteiger partial charge in [0, 0.05) is 93.8 Å². The molecule has 3 aromatic carbocycles. The summed E-state index contributed by atoms with van der Waals surface area (Å²) < 4.78 is 228. The van der Waals surface area contributed by atoms with E-state index in [1.807, 2.05) is 0 Å². The van der Waals surface area contributed by atoms with Crippen molar-refractivity contribution in [1.29, 1.82) is 0 Å². The van der Waals surface area contributed by atoms with Gasteiger partial charge in [-0.25, -0.2) is 40.5 Å². The first-order valence-corrected chi connectivity index (χ1v) is 47.3. The van der Waals surface area contributed by atoms with E-state index in [2.05, 4.69) is 52.0 Å². The minimum absolute atomic E-state index is 0.00745. The van der Waals surface area contributed by atoms with E-state index in [0.29, 0.717) is 125 Å². The fourth-order valence-corrected chi connectivity index (χ4v) is 15.6. The van der Waals surface area contributed by atoms with E-state index in [-0.39, 0.29) is 145 Å². The minimum atomic E-state index is -2.66. The van der Waals surface area contributed by atoms with E-state index < -0.39 is 258 Å². The van der Waals surface area contributed by atoms with Crippen molar-refractivity contribution in [2.75, 3.05) is 165 Å². The summed E-state index contributed by atoms with van der Waals surface area (Å²) in [6.07, 6.45) is -2.96. The van der Waals surface area contributed by atoms with Crippen molar-refractivity contribution in [2.45, 2.75) is 180 Å². The van der Waals surface area contributed by atoms with Gasteiger partial charge in [-0.05, 0) is 108 Å². The zero-order chi connectivity index (χ0) is 107. The number of fused-ring (bicyclic) bond motifs is 5. The van der Waals surface area contributed by atoms with Gasteiger partial charge in [0.2, 0.25) is 123 Å². The number of rotatable bonds is 65. The molecule has 5 aromatic rings. The molecule has 0 radical (unpaired) electrons. The van der Waals surface area contributed by atoms with Gasteiger partial charge in [0.15, 0.2) is 5.60 Å². The van der Waals surface area contributed by atoms with Crippen molar-refractivity contribution in [3.63, 3.8) is 0 Å². The maximum Gasteiger partial charge on any atom is 0.343 e. The Kier molecular flexibility index (Phi) is 46.7. The third-order valence-corrected chi connectivity index (χ3v) is 23.6. The lowest BCUT2D eigenvalue weighted by Gasteiger charge is -2.31. The molecule has 4 aliphatic rings. The Hall–Kier alpha value is -12.7. The van der Waals surface area contributed by atoms with Crippen LogP contribution >= 0.6 is 0 Å². The standard InChI is InChI=1S/C95H117F11N12O29/c1-7-95(134)58-46-64-85-56(48-118(64)93(132)57(58)49-145-94(95)133)74-60(16-15-55-51(2)59(96)47-63(114-85)73(55)74)115-90(129)54(5)110-88(127)52(3)109-89(128)53(4)111-92(131)62(17-18-68(122)116(26-21-71(125)146-86-81(103)77(99)75(97)78(100)82(86)104)27-22-72(126)147-87-83(105)79(101)76(98)80(102)84(87)106)113-65(119)13-10-24-108-91(130)61(112-66(120)14-11-25-117-69(123)19-20-70(117)124)12-8-9-23-107-67(121)50-144-45-44-143-43-42-142-41-40-141-39-38-140-37-36-139-35-34-138-33-32-137-31-30-136-29-28-135-6/h19-20,46-47,52-54,60-62,134H,7-18,21-45,48-50H2,1-6H3,(H,107,121)(H,108,130)(H,109,128)(H,110,127)(H,111,131)(H,112,120)(H,113,119)(H,115,129)/t52-,53-,54-,60-,61-,62-,95-/m0/s1. The Labute approximate surface area is 834 Å². The zero-order valence-electron chi connectivity index (χ0n) is 81.4. The average molecular weight is 2100 g/mol. The van der Waals surface area contributed by atoms with Crippen LogP contribution in [0.25, 0.3) is 22.3 Å². The molecule has 9 rings (SSSR count). The highest BCUT2D eigenvalue weighted by Crippen LogP contribution is 2.47. The molecule has 2 aromatic heterocycles. The number of nitrogens with one attached hydrogen (secondary N) is 8. The summed E-state index contributed by atoms with van der Waals surface area (Å²) in [7, 11) is 1.60. The molecule has 0 fully saturated rings. The number of imide groups is 1. The lowest BCUT2D eigenvalue weighted by atomic mass is 9.81. The van der Waals surface area contributed by atoms with Gasteiger partial charge in [-0.15, -0.1) is 0 Å². The highest BCUT2D eigenvalue weighted by molar-refractivity contribution is 6.13. The molecular formula is C95H117F11N12O29. The maximum atomic E-state index is 15.7. The van der Waals surface area contributed by atoms with Crippen LogP contribution in [0.2, 0.25) is 0 Å². The Morgan fingerprint density at radius 2 is 0.952 bits per heavy atom. The molecule has 7 atom stereocenters.